The summed E-state index contributed by atoms with van der Waals surface area (Å²) in [5.41, 5.74) is 1.43. The molecule has 0 aliphatic rings. The van der Waals surface area contributed by atoms with Crippen molar-refractivity contribution < 1.29 is 0 Å². The van der Waals surface area contributed by atoms with Crippen LogP contribution in [0.5, 0.6) is 0 Å². The van der Waals surface area contributed by atoms with Crippen LogP contribution in [0, 0.1) is 0 Å². The Morgan fingerprint density at radius 1 is 1.57 bits per heavy atom. The molecule has 0 nitrogen and oxygen atoms in total. The standard InChI is InChI=1S/C6H11.Li/c1-4-5-6(2)3;/h5H,1,4H2,2-3H3;. The van der Waals surface area contributed by atoms with E-state index in [9.17, 15) is 0 Å². The van der Waals surface area contributed by atoms with Crippen molar-refractivity contribution in [1.82, 2.24) is 0 Å². The number of allylic oxidation sites excluding steroid dienone is 2. The second kappa shape index (κ2) is 4.50. The SMILES string of the molecule is [Li][CH2]CC=C(C)C. The Labute approximate surface area is 55.2 Å². The van der Waals surface area contributed by atoms with Gasteiger partial charge < -0.3 is 0 Å². The molecule has 0 amide bonds. The van der Waals surface area contributed by atoms with E-state index in [4.69, 9.17) is 0 Å². The molecule has 0 unspecified atom stereocenters. The minimum absolute atomic E-state index is 1.24. The topological polar surface area (TPSA) is 0 Å². The first kappa shape index (κ1) is 7.34. The molecule has 0 aliphatic carbocycles. The molecule has 0 N–H and O–H groups in total. The van der Waals surface area contributed by atoms with E-state index in [2.05, 4.69) is 37.6 Å². The first-order valence-corrected chi connectivity index (χ1v) is 2.90. The fraction of sp³-hybridized carbons (Fsp3) is 0.667. The zero-order valence-corrected chi connectivity index (χ0v) is 5.49. The van der Waals surface area contributed by atoms with Crippen LogP contribution in [0.3, 0.4) is 0 Å². The van der Waals surface area contributed by atoms with Gasteiger partial charge in [-0.05, 0) is 0 Å². The second-order valence-corrected chi connectivity index (χ2v) is 2.07. The first-order valence-electron chi connectivity index (χ1n) is 2.90. The van der Waals surface area contributed by atoms with E-state index in [1.54, 1.807) is 0 Å². The van der Waals surface area contributed by atoms with Gasteiger partial charge in [-0.3, -0.25) is 0 Å². The number of rotatable bonds is 2. The van der Waals surface area contributed by atoms with Crippen molar-refractivity contribution in [2.75, 3.05) is 0 Å². The molecule has 7 heavy (non-hydrogen) atoms. The molecule has 0 saturated carbocycles. The van der Waals surface area contributed by atoms with Gasteiger partial charge in [0.15, 0.2) is 0 Å². The predicted octanol–water partition coefficient (Wildman–Crippen LogP) is 1.93. The average Bonchev–Trinajstić information content (AvgIpc) is 1.61. The van der Waals surface area contributed by atoms with Crippen molar-refractivity contribution in [2.24, 2.45) is 0 Å². The summed E-state index contributed by atoms with van der Waals surface area (Å²) in [6.07, 6.45) is 3.50. The Bertz CT molecular complexity index is 60.6. The maximum atomic E-state index is 2.26. The quantitative estimate of drug-likeness (QED) is 0.359. The van der Waals surface area contributed by atoms with Gasteiger partial charge in [0.25, 0.3) is 0 Å². The van der Waals surface area contributed by atoms with Gasteiger partial charge in [-0.25, -0.2) is 0 Å². The van der Waals surface area contributed by atoms with Crippen molar-refractivity contribution >= 4 is 17.7 Å². The molecule has 0 radical (unpaired) electrons. The fourth-order valence-corrected chi connectivity index (χ4v) is 0.433. The zero-order chi connectivity index (χ0) is 5.70. The summed E-state index contributed by atoms with van der Waals surface area (Å²) in [6, 6.07) is 0. The van der Waals surface area contributed by atoms with Crippen LogP contribution < -0.4 is 0 Å². The van der Waals surface area contributed by atoms with Gasteiger partial charge in [-0.15, -0.1) is 0 Å². The first-order chi connectivity index (χ1) is 3.27. The van der Waals surface area contributed by atoms with E-state index in [0.29, 0.717) is 0 Å². The summed E-state index contributed by atoms with van der Waals surface area (Å²) in [5.74, 6) is 0. The molecular formula is C6H11Li. The average molecular weight is 90.1 g/mol. The monoisotopic (exact) mass is 90.1 g/mol. The normalized spacial score (nSPS) is 8.57. The Morgan fingerprint density at radius 2 is 2.14 bits per heavy atom. The van der Waals surface area contributed by atoms with Crippen LogP contribution >= 0.6 is 0 Å². The molecule has 0 bridgehead atoms. The van der Waals surface area contributed by atoms with Crippen LogP contribution in [-0.2, 0) is 0 Å². The van der Waals surface area contributed by atoms with Gasteiger partial charge in [-0.1, -0.05) is 0 Å². The van der Waals surface area contributed by atoms with Gasteiger partial charge in [0.1, 0.15) is 0 Å². The molecule has 0 aromatic rings. The van der Waals surface area contributed by atoms with E-state index >= 15 is 0 Å². The molecule has 1 heteroatoms. The van der Waals surface area contributed by atoms with Crippen LogP contribution in [0.15, 0.2) is 11.6 Å². The van der Waals surface area contributed by atoms with E-state index in [1.165, 1.54) is 17.1 Å². The molecule has 0 aromatic heterocycles. The molecule has 36 valence electrons. The van der Waals surface area contributed by atoms with Crippen molar-refractivity contribution in [1.29, 1.82) is 0 Å². The molecule has 0 atom stereocenters. The van der Waals surface area contributed by atoms with Gasteiger partial charge in [0.2, 0.25) is 0 Å². The van der Waals surface area contributed by atoms with E-state index in [1.807, 2.05) is 0 Å². The molecule has 0 rings (SSSR count). The Kier molecular flexibility index (Phi) is 4.71. The predicted molar refractivity (Wildman–Crippen MR) is 34.6 cm³/mol. The zero-order valence-electron chi connectivity index (χ0n) is 5.49. The summed E-state index contributed by atoms with van der Waals surface area (Å²) in [5, 5.41) is 1.27. The van der Waals surface area contributed by atoms with Crippen LogP contribution in [0.2, 0.25) is 5.09 Å². The van der Waals surface area contributed by atoms with Crippen LogP contribution in [0.1, 0.15) is 20.3 Å². The maximum absolute atomic E-state index is 2.26. The molecule has 0 saturated heterocycles. The molecule has 0 heterocycles. The van der Waals surface area contributed by atoms with Crippen LogP contribution in [-0.4, -0.2) is 17.7 Å². The van der Waals surface area contributed by atoms with E-state index in [-0.39, 0.29) is 0 Å². The summed E-state index contributed by atoms with van der Waals surface area (Å²) >= 11 is 2.19. The van der Waals surface area contributed by atoms with Gasteiger partial charge in [0.05, 0.1) is 0 Å². The van der Waals surface area contributed by atoms with E-state index < -0.39 is 0 Å². The Balaban J connectivity index is 3.08. The third-order valence-electron chi connectivity index (χ3n) is 0.841. The van der Waals surface area contributed by atoms with Crippen molar-refractivity contribution in [3.05, 3.63) is 11.6 Å². The summed E-state index contributed by atoms with van der Waals surface area (Å²) in [7, 11) is 0. The minimum atomic E-state index is 1.24. The van der Waals surface area contributed by atoms with E-state index in [0.717, 1.165) is 0 Å². The number of hydrogen-bond acceptors (Lipinski definition) is 0. The van der Waals surface area contributed by atoms with Crippen molar-refractivity contribution in [2.45, 2.75) is 25.4 Å². The summed E-state index contributed by atoms with van der Waals surface area (Å²) < 4.78 is 0. The van der Waals surface area contributed by atoms with Crippen molar-refractivity contribution in [3.63, 3.8) is 0 Å². The Hall–Kier alpha value is 0.337. The summed E-state index contributed by atoms with van der Waals surface area (Å²) in [6.45, 7) is 4.27. The third-order valence-corrected chi connectivity index (χ3v) is 0.841. The third kappa shape index (κ3) is 6.34. The van der Waals surface area contributed by atoms with Gasteiger partial charge in [0, 0.05) is 0 Å². The molecule has 0 fully saturated rings. The van der Waals surface area contributed by atoms with Crippen LogP contribution in [0.4, 0.5) is 0 Å². The Morgan fingerprint density at radius 3 is 2.29 bits per heavy atom. The fourth-order valence-electron chi connectivity index (χ4n) is 0.433. The number of hydrogen-bond donors (Lipinski definition) is 0. The molecule has 0 spiro atoms. The molecule has 0 aromatic carbocycles. The van der Waals surface area contributed by atoms with Crippen LogP contribution in [0.25, 0.3) is 0 Å². The molecule has 0 aliphatic heterocycles. The van der Waals surface area contributed by atoms with Gasteiger partial charge in [-0.2, -0.15) is 0 Å². The molecular weight excluding hydrogens is 79.0 g/mol. The van der Waals surface area contributed by atoms with Crippen molar-refractivity contribution in [3.8, 4) is 0 Å². The van der Waals surface area contributed by atoms with Gasteiger partial charge >= 0.3 is 54.7 Å². The second-order valence-electron chi connectivity index (χ2n) is 2.07. The summed E-state index contributed by atoms with van der Waals surface area (Å²) in [4.78, 5) is 0.